The number of nitrogens with one attached hydrogen (secondary N) is 1. The Morgan fingerprint density at radius 3 is 2.79 bits per heavy atom. The van der Waals surface area contributed by atoms with E-state index in [0.29, 0.717) is 19.5 Å². The van der Waals surface area contributed by atoms with E-state index in [-0.39, 0.29) is 29.5 Å². The van der Waals surface area contributed by atoms with E-state index in [4.69, 9.17) is 0 Å². The van der Waals surface area contributed by atoms with Crippen molar-refractivity contribution in [2.24, 2.45) is 11.8 Å². The number of rotatable bonds is 7. The molecule has 1 aromatic rings. The SMILES string of the molecule is CCCS(=O)(=O)N1CCC[C@@H](C(=O)N[C@@H](c2cccs2)C(C)C)C1. The third kappa shape index (κ3) is 4.80. The van der Waals surface area contributed by atoms with Crippen LogP contribution >= 0.6 is 11.3 Å². The summed E-state index contributed by atoms with van der Waals surface area (Å²) in [6, 6.07) is 4.01. The van der Waals surface area contributed by atoms with Crippen LogP contribution in [0.1, 0.15) is 51.0 Å². The number of amides is 1. The van der Waals surface area contributed by atoms with Gasteiger partial charge in [0.15, 0.2) is 0 Å². The van der Waals surface area contributed by atoms with Gasteiger partial charge in [-0.15, -0.1) is 11.3 Å². The second kappa shape index (κ2) is 8.45. The molecule has 1 aliphatic heterocycles. The molecule has 7 heteroatoms. The number of hydrogen-bond donors (Lipinski definition) is 1. The monoisotopic (exact) mass is 372 g/mol. The minimum absolute atomic E-state index is 0.0138. The van der Waals surface area contributed by atoms with E-state index in [0.717, 1.165) is 17.7 Å². The van der Waals surface area contributed by atoms with Crippen LogP contribution < -0.4 is 5.32 Å². The molecule has 0 spiro atoms. The molecule has 0 aliphatic carbocycles. The van der Waals surface area contributed by atoms with E-state index in [1.165, 1.54) is 4.31 Å². The standard InChI is InChI=1S/C17H28N2O3S2/c1-4-11-24(21,22)19-9-5-7-14(12-19)17(20)18-16(13(2)3)15-8-6-10-23-15/h6,8,10,13-14,16H,4-5,7,9,11-12H2,1-3H3,(H,18,20)/t14-,16-/m1/s1. The van der Waals surface area contributed by atoms with Crippen molar-refractivity contribution >= 4 is 27.3 Å². The zero-order valence-corrected chi connectivity index (χ0v) is 16.3. The van der Waals surface area contributed by atoms with Gasteiger partial charge in [-0.2, -0.15) is 0 Å². The molecule has 1 amide bonds. The first-order chi connectivity index (χ1) is 11.3. The molecule has 1 aromatic heterocycles. The maximum Gasteiger partial charge on any atom is 0.224 e. The Balaban J connectivity index is 2.03. The normalized spacial score (nSPS) is 20.9. The van der Waals surface area contributed by atoms with E-state index in [1.807, 2.05) is 24.4 Å². The minimum atomic E-state index is -3.23. The van der Waals surface area contributed by atoms with Gasteiger partial charge in [-0.3, -0.25) is 4.79 Å². The van der Waals surface area contributed by atoms with E-state index in [1.54, 1.807) is 11.3 Å². The van der Waals surface area contributed by atoms with Crippen molar-refractivity contribution < 1.29 is 13.2 Å². The first-order valence-electron chi connectivity index (χ1n) is 8.66. The van der Waals surface area contributed by atoms with E-state index >= 15 is 0 Å². The predicted molar refractivity (Wildman–Crippen MR) is 98.4 cm³/mol. The smallest absolute Gasteiger partial charge is 0.224 e. The van der Waals surface area contributed by atoms with Crippen LogP contribution in [0.2, 0.25) is 0 Å². The average molecular weight is 373 g/mol. The van der Waals surface area contributed by atoms with Gasteiger partial charge < -0.3 is 5.32 Å². The Kier molecular flexibility index (Phi) is 6.83. The van der Waals surface area contributed by atoms with Gasteiger partial charge in [0, 0.05) is 18.0 Å². The number of piperidine rings is 1. The summed E-state index contributed by atoms with van der Waals surface area (Å²) < 4.78 is 26.0. The molecule has 1 N–H and O–H groups in total. The van der Waals surface area contributed by atoms with E-state index in [9.17, 15) is 13.2 Å². The van der Waals surface area contributed by atoms with Crippen molar-refractivity contribution in [2.75, 3.05) is 18.8 Å². The molecule has 136 valence electrons. The highest BCUT2D eigenvalue weighted by Gasteiger charge is 2.33. The van der Waals surface area contributed by atoms with Gasteiger partial charge in [0.05, 0.1) is 17.7 Å². The van der Waals surface area contributed by atoms with Crippen molar-refractivity contribution in [3.8, 4) is 0 Å². The molecule has 0 bridgehead atoms. The number of thiophene rings is 1. The molecular weight excluding hydrogens is 344 g/mol. The van der Waals surface area contributed by atoms with Crippen molar-refractivity contribution in [2.45, 2.75) is 46.1 Å². The minimum Gasteiger partial charge on any atom is -0.348 e. The molecular formula is C17H28N2O3S2. The van der Waals surface area contributed by atoms with E-state index in [2.05, 4.69) is 19.2 Å². The van der Waals surface area contributed by atoms with E-state index < -0.39 is 10.0 Å². The summed E-state index contributed by atoms with van der Waals surface area (Å²) in [5.41, 5.74) is 0. The molecule has 0 unspecified atom stereocenters. The van der Waals surface area contributed by atoms with Gasteiger partial charge in [0.25, 0.3) is 0 Å². The van der Waals surface area contributed by atoms with Crippen molar-refractivity contribution in [3.05, 3.63) is 22.4 Å². The first-order valence-corrected chi connectivity index (χ1v) is 11.2. The zero-order chi connectivity index (χ0) is 17.7. The van der Waals surface area contributed by atoms with Crippen LogP contribution in [-0.4, -0.2) is 37.5 Å². The van der Waals surface area contributed by atoms with Gasteiger partial charge in [-0.25, -0.2) is 12.7 Å². The molecule has 1 fully saturated rings. The molecule has 5 nitrogen and oxygen atoms in total. The molecule has 2 heterocycles. The highest BCUT2D eigenvalue weighted by atomic mass is 32.2. The summed E-state index contributed by atoms with van der Waals surface area (Å²) in [6.07, 6.45) is 2.09. The first kappa shape index (κ1) is 19.4. The van der Waals surface area contributed by atoms with Gasteiger partial charge in [0.1, 0.15) is 0 Å². The number of hydrogen-bond acceptors (Lipinski definition) is 4. The second-order valence-electron chi connectivity index (χ2n) is 6.76. The number of carbonyl (C=O) groups excluding carboxylic acids is 1. The molecule has 2 rings (SSSR count). The average Bonchev–Trinajstić information content (AvgIpc) is 3.06. The lowest BCUT2D eigenvalue weighted by Gasteiger charge is -2.32. The quantitative estimate of drug-likeness (QED) is 0.800. The van der Waals surface area contributed by atoms with Crippen LogP contribution in [0.3, 0.4) is 0 Å². The summed E-state index contributed by atoms with van der Waals surface area (Å²) in [7, 11) is -3.23. The van der Waals surface area contributed by atoms with Gasteiger partial charge >= 0.3 is 0 Å². The topological polar surface area (TPSA) is 66.5 Å². The van der Waals surface area contributed by atoms with Crippen molar-refractivity contribution in [1.29, 1.82) is 0 Å². The van der Waals surface area contributed by atoms with Gasteiger partial charge in [-0.1, -0.05) is 26.8 Å². The summed E-state index contributed by atoms with van der Waals surface area (Å²) in [6.45, 7) is 6.88. The van der Waals surface area contributed by atoms with Crippen LogP contribution in [0.15, 0.2) is 17.5 Å². The molecule has 0 radical (unpaired) electrons. The lowest BCUT2D eigenvalue weighted by molar-refractivity contribution is -0.127. The van der Waals surface area contributed by atoms with Crippen LogP contribution in [-0.2, 0) is 14.8 Å². The molecule has 0 saturated carbocycles. The molecule has 1 aliphatic rings. The largest absolute Gasteiger partial charge is 0.348 e. The third-order valence-corrected chi connectivity index (χ3v) is 7.42. The van der Waals surface area contributed by atoms with Crippen LogP contribution in [0, 0.1) is 11.8 Å². The zero-order valence-electron chi connectivity index (χ0n) is 14.7. The maximum absolute atomic E-state index is 12.7. The number of nitrogens with zero attached hydrogens (tertiary/aromatic N) is 1. The number of carbonyl (C=O) groups is 1. The Labute approximate surface area is 149 Å². The Morgan fingerprint density at radius 1 is 1.46 bits per heavy atom. The summed E-state index contributed by atoms with van der Waals surface area (Å²) in [5, 5.41) is 5.15. The Morgan fingerprint density at radius 2 is 2.21 bits per heavy atom. The van der Waals surface area contributed by atoms with Crippen molar-refractivity contribution in [1.82, 2.24) is 9.62 Å². The Hall–Kier alpha value is -0.920. The van der Waals surface area contributed by atoms with Gasteiger partial charge in [-0.05, 0) is 36.6 Å². The molecule has 1 saturated heterocycles. The number of sulfonamides is 1. The summed E-state index contributed by atoms with van der Waals surface area (Å²) >= 11 is 1.64. The molecule has 2 atom stereocenters. The molecule has 0 aromatic carbocycles. The summed E-state index contributed by atoms with van der Waals surface area (Å²) in [4.78, 5) is 13.9. The second-order valence-corrected chi connectivity index (χ2v) is 9.83. The van der Waals surface area contributed by atoms with Crippen LogP contribution in [0.4, 0.5) is 0 Å². The maximum atomic E-state index is 12.7. The molecule has 24 heavy (non-hydrogen) atoms. The predicted octanol–water partition coefficient (Wildman–Crippen LogP) is 3.01. The lowest BCUT2D eigenvalue weighted by atomic mass is 9.96. The highest BCUT2D eigenvalue weighted by Crippen LogP contribution is 2.27. The van der Waals surface area contributed by atoms with Gasteiger partial charge in [0.2, 0.25) is 15.9 Å². The Bertz CT molecular complexity index is 626. The fourth-order valence-electron chi connectivity index (χ4n) is 3.10. The fraction of sp³-hybridized carbons (Fsp3) is 0.706. The lowest BCUT2D eigenvalue weighted by Crippen LogP contribution is -2.47. The summed E-state index contributed by atoms with van der Waals surface area (Å²) in [5.74, 6) is 0.159. The highest BCUT2D eigenvalue weighted by molar-refractivity contribution is 7.89. The van der Waals surface area contributed by atoms with Crippen LogP contribution in [0.5, 0.6) is 0 Å². The van der Waals surface area contributed by atoms with Crippen LogP contribution in [0.25, 0.3) is 0 Å². The third-order valence-electron chi connectivity index (χ3n) is 4.42. The fourth-order valence-corrected chi connectivity index (χ4v) is 5.64. The van der Waals surface area contributed by atoms with Crippen molar-refractivity contribution in [3.63, 3.8) is 0 Å².